The Morgan fingerprint density at radius 2 is 2.10 bits per heavy atom. The van der Waals surface area contributed by atoms with Gasteiger partial charge in [0.2, 0.25) is 0 Å². The van der Waals surface area contributed by atoms with Crippen LogP contribution in [0.2, 0.25) is 0 Å². The van der Waals surface area contributed by atoms with Crippen LogP contribution in [0.4, 0.5) is 0 Å². The van der Waals surface area contributed by atoms with Crippen LogP contribution in [0.5, 0.6) is 0 Å². The number of nitrogens with zero attached hydrogens (tertiary/aromatic N) is 2. The number of ether oxygens (including phenoxy) is 1. The molecule has 20 heavy (non-hydrogen) atoms. The Kier molecular flexibility index (Phi) is 5.03. The molecule has 1 aromatic heterocycles. The Morgan fingerprint density at radius 3 is 2.80 bits per heavy atom. The molecule has 0 aliphatic heterocycles. The second kappa shape index (κ2) is 6.98. The molecule has 0 amide bonds. The van der Waals surface area contributed by atoms with Crippen molar-refractivity contribution >= 4 is 5.78 Å². The van der Waals surface area contributed by atoms with Gasteiger partial charge in [-0.2, -0.15) is 5.10 Å². The highest BCUT2D eigenvalue weighted by atomic mass is 16.5. The summed E-state index contributed by atoms with van der Waals surface area (Å²) in [5.41, 5.74) is 7.32. The van der Waals surface area contributed by atoms with Gasteiger partial charge in [-0.15, -0.1) is 0 Å². The highest BCUT2D eigenvalue weighted by Crippen LogP contribution is 2.12. The number of hydrogen-bond donors (Lipinski definition) is 1. The first-order valence-corrected chi connectivity index (χ1v) is 6.62. The molecular weight excluding hydrogens is 254 g/mol. The van der Waals surface area contributed by atoms with E-state index in [-0.39, 0.29) is 5.78 Å². The number of ketones is 1. The van der Waals surface area contributed by atoms with Crippen molar-refractivity contribution in [3.05, 3.63) is 48.3 Å². The van der Waals surface area contributed by atoms with Gasteiger partial charge in [0.05, 0.1) is 17.9 Å². The van der Waals surface area contributed by atoms with Gasteiger partial charge < -0.3 is 10.5 Å². The molecule has 0 fully saturated rings. The third kappa shape index (κ3) is 3.31. The number of Topliss-reactive ketones (excluding diaryl/α,β-unsaturated/α-hetero) is 1. The second-order valence-electron chi connectivity index (χ2n) is 4.57. The van der Waals surface area contributed by atoms with Crippen molar-refractivity contribution in [2.75, 3.05) is 13.7 Å². The molecule has 0 saturated heterocycles. The molecule has 1 atom stereocenters. The van der Waals surface area contributed by atoms with E-state index in [9.17, 15) is 4.79 Å². The molecule has 0 spiro atoms. The number of para-hydroxylation sites is 1. The van der Waals surface area contributed by atoms with Crippen LogP contribution in [0.3, 0.4) is 0 Å². The lowest BCUT2D eigenvalue weighted by molar-refractivity contribution is 0.0942. The number of benzene rings is 1. The van der Waals surface area contributed by atoms with Crippen LogP contribution < -0.4 is 5.73 Å². The zero-order valence-electron chi connectivity index (χ0n) is 11.5. The Balaban J connectivity index is 2.13. The van der Waals surface area contributed by atoms with Gasteiger partial charge in [0.15, 0.2) is 5.78 Å². The molecule has 106 valence electrons. The Labute approximate surface area is 118 Å². The lowest BCUT2D eigenvalue weighted by atomic mass is 10.1. The van der Waals surface area contributed by atoms with E-state index < -0.39 is 6.04 Å². The first kappa shape index (κ1) is 14.4. The summed E-state index contributed by atoms with van der Waals surface area (Å²) in [4.78, 5) is 12.4. The summed E-state index contributed by atoms with van der Waals surface area (Å²) >= 11 is 0. The van der Waals surface area contributed by atoms with Crippen molar-refractivity contribution in [1.82, 2.24) is 9.78 Å². The van der Waals surface area contributed by atoms with Crippen molar-refractivity contribution in [3.63, 3.8) is 0 Å². The molecule has 1 aromatic carbocycles. The van der Waals surface area contributed by atoms with Crippen LogP contribution in [0.25, 0.3) is 5.69 Å². The molecule has 2 aromatic rings. The van der Waals surface area contributed by atoms with Gasteiger partial charge in [-0.3, -0.25) is 4.79 Å². The normalized spacial score (nSPS) is 12.3. The summed E-state index contributed by atoms with van der Waals surface area (Å²) in [6, 6.07) is 10.7. The number of methoxy groups -OCH3 is 1. The average Bonchev–Trinajstić information content (AvgIpc) is 2.97. The third-order valence-electron chi connectivity index (χ3n) is 3.10. The molecule has 0 saturated carbocycles. The first-order chi connectivity index (χ1) is 9.74. The fraction of sp³-hybridized carbons (Fsp3) is 0.333. The molecule has 0 bridgehead atoms. The number of nitrogens with two attached hydrogens (primary N) is 1. The number of carbonyl (C=O) groups is 1. The van der Waals surface area contributed by atoms with Crippen LogP contribution in [0, 0.1) is 0 Å². The van der Waals surface area contributed by atoms with Crippen LogP contribution in [0.1, 0.15) is 23.3 Å². The van der Waals surface area contributed by atoms with Gasteiger partial charge in [-0.1, -0.05) is 18.2 Å². The molecule has 0 aliphatic rings. The van der Waals surface area contributed by atoms with Crippen molar-refractivity contribution in [2.24, 2.45) is 5.73 Å². The second-order valence-corrected chi connectivity index (χ2v) is 4.57. The maximum Gasteiger partial charge on any atom is 0.197 e. The van der Waals surface area contributed by atoms with Crippen molar-refractivity contribution in [3.8, 4) is 5.69 Å². The van der Waals surface area contributed by atoms with E-state index in [1.54, 1.807) is 24.1 Å². The molecule has 1 unspecified atom stereocenters. The lowest BCUT2D eigenvalue weighted by Gasteiger charge is -2.12. The fourth-order valence-corrected chi connectivity index (χ4v) is 2.03. The van der Waals surface area contributed by atoms with Gasteiger partial charge in [-0.05, 0) is 31.0 Å². The molecule has 5 nitrogen and oxygen atoms in total. The number of aromatic nitrogens is 2. The van der Waals surface area contributed by atoms with E-state index >= 15 is 0 Å². The van der Waals surface area contributed by atoms with Crippen molar-refractivity contribution in [2.45, 2.75) is 18.9 Å². The maximum atomic E-state index is 12.4. The Morgan fingerprint density at radius 1 is 1.35 bits per heavy atom. The number of rotatable bonds is 7. The summed E-state index contributed by atoms with van der Waals surface area (Å²) in [7, 11) is 1.64. The Bertz CT molecular complexity index is 551. The summed E-state index contributed by atoms with van der Waals surface area (Å²) in [5.74, 6) is -0.0949. The molecule has 1 heterocycles. The zero-order valence-corrected chi connectivity index (χ0v) is 11.5. The van der Waals surface area contributed by atoms with E-state index in [1.165, 1.54) is 0 Å². The standard InChI is InChI=1S/C15H19N3O2/c1-20-11-5-8-13(16)15(19)14-9-10-17-18(14)12-6-3-2-4-7-12/h2-4,6-7,9-10,13H,5,8,11,16H2,1H3. The van der Waals surface area contributed by atoms with E-state index in [1.807, 2.05) is 30.3 Å². The molecular formula is C15H19N3O2. The van der Waals surface area contributed by atoms with Crippen molar-refractivity contribution in [1.29, 1.82) is 0 Å². The summed E-state index contributed by atoms with van der Waals surface area (Å²) in [6.07, 6.45) is 2.98. The maximum absolute atomic E-state index is 12.4. The number of hydrogen-bond acceptors (Lipinski definition) is 4. The minimum atomic E-state index is -0.524. The Hall–Kier alpha value is -1.98. The van der Waals surface area contributed by atoms with Gasteiger partial charge in [-0.25, -0.2) is 4.68 Å². The fourth-order valence-electron chi connectivity index (χ4n) is 2.03. The van der Waals surface area contributed by atoms with Gasteiger partial charge >= 0.3 is 0 Å². The van der Waals surface area contributed by atoms with Crippen molar-refractivity contribution < 1.29 is 9.53 Å². The molecule has 2 rings (SSSR count). The number of carbonyl (C=O) groups excluding carboxylic acids is 1. The lowest BCUT2D eigenvalue weighted by Crippen LogP contribution is -2.32. The summed E-state index contributed by atoms with van der Waals surface area (Å²) in [6.45, 7) is 0.610. The SMILES string of the molecule is COCCCC(N)C(=O)c1ccnn1-c1ccccc1. The van der Waals surface area contributed by atoms with E-state index in [4.69, 9.17) is 10.5 Å². The topological polar surface area (TPSA) is 70.1 Å². The van der Waals surface area contributed by atoms with Crippen LogP contribution in [-0.2, 0) is 4.74 Å². The van der Waals surface area contributed by atoms with E-state index in [0.717, 1.165) is 12.1 Å². The average molecular weight is 273 g/mol. The van der Waals surface area contributed by atoms with Gasteiger partial charge in [0.25, 0.3) is 0 Å². The monoisotopic (exact) mass is 273 g/mol. The highest BCUT2D eigenvalue weighted by molar-refractivity contribution is 5.98. The smallest absolute Gasteiger partial charge is 0.197 e. The predicted octanol–water partition coefficient (Wildman–Crippen LogP) is 1.81. The largest absolute Gasteiger partial charge is 0.385 e. The highest BCUT2D eigenvalue weighted by Gasteiger charge is 2.19. The van der Waals surface area contributed by atoms with Crippen LogP contribution in [-0.4, -0.2) is 35.3 Å². The third-order valence-corrected chi connectivity index (χ3v) is 3.10. The molecule has 0 radical (unpaired) electrons. The van der Waals surface area contributed by atoms with Crippen LogP contribution >= 0.6 is 0 Å². The molecule has 5 heteroatoms. The van der Waals surface area contributed by atoms with Gasteiger partial charge in [0, 0.05) is 13.7 Å². The van der Waals surface area contributed by atoms with E-state index in [2.05, 4.69) is 5.10 Å². The zero-order chi connectivity index (χ0) is 14.4. The van der Waals surface area contributed by atoms with Gasteiger partial charge in [0.1, 0.15) is 5.69 Å². The molecule has 2 N–H and O–H groups in total. The summed E-state index contributed by atoms with van der Waals surface area (Å²) < 4.78 is 6.59. The minimum absolute atomic E-state index is 0.0949. The minimum Gasteiger partial charge on any atom is -0.385 e. The quantitative estimate of drug-likeness (QED) is 0.617. The molecule has 0 aliphatic carbocycles. The summed E-state index contributed by atoms with van der Waals surface area (Å²) in [5, 5.41) is 4.20. The van der Waals surface area contributed by atoms with Crippen LogP contribution in [0.15, 0.2) is 42.6 Å². The van der Waals surface area contributed by atoms with E-state index in [0.29, 0.717) is 18.7 Å². The predicted molar refractivity (Wildman–Crippen MR) is 77.0 cm³/mol. The first-order valence-electron chi connectivity index (χ1n) is 6.62.